The molecule has 2 aromatic carbocycles. The lowest BCUT2D eigenvalue weighted by Gasteiger charge is -2.02. The topological polar surface area (TPSA) is 52.6 Å². The van der Waals surface area contributed by atoms with Crippen LogP contribution in [0.25, 0.3) is 0 Å². The number of hydrogen-bond acceptors (Lipinski definition) is 4. The lowest BCUT2D eigenvalue weighted by Crippen LogP contribution is -2.08. The van der Waals surface area contributed by atoms with Gasteiger partial charge in [0.05, 0.1) is 0 Å². The van der Waals surface area contributed by atoms with E-state index < -0.39 is 11.9 Å². The van der Waals surface area contributed by atoms with Gasteiger partial charge in [-0.1, -0.05) is 35.4 Å². The molecule has 0 bridgehead atoms. The molecule has 4 heteroatoms. The van der Waals surface area contributed by atoms with E-state index in [0.717, 1.165) is 23.3 Å². The molecule has 0 aliphatic carbocycles. The molecule has 0 atom stereocenters. The van der Waals surface area contributed by atoms with E-state index in [1.54, 1.807) is 24.3 Å². The van der Waals surface area contributed by atoms with Gasteiger partial charge in [0, 0.05) is 12.2 Å². The summed E-state index contributed by atoms with van der Waals surface area (Å²) in [6, 6.07) is 14.1. The first-order chi connectivity index (χ1) is 10.5. The summed E-state index contributed by atoms with van der Waals surface area (Å²) in [7, 11) is 0. The first kappa shape index (κ1) is 15.5. The van der Waals surface area contributed by atoms with Crippen molar-refractivity contribution in [3.05, 3.63) is 71.8 Å². The van der Waals surface area contributed by atoms with Gasteiger partial charge in [-0.25, -0.2) is 9.59 Å². The minimum Gasteiger partial charge on any atom is -0.423 e. The highest BCUT2D eigenvalue weighted by Crippen LogP contribution is 2.13. The standard InChI is InChI=1S/C18H16O4/c1-13-3-7-15(8-4-13)21-17(19)11-12-18(20)22-16-9-5-14(2)6-10-16/h3-12H,1-2H3/b12-11+. The Balaban J connectivity index is 1.87. The van der Waals surface area contributed by atoms with Crippen molar-refractivity contribution < 1.29 is 19.1 Å². The smallest absolute Gasteiger partial charge is 0.336 e. The molecule has 0 unspecified atom stereocenters. The van der Waals surface area contributed by atoms with Gasteiger partial charge in [-0.2, -0.15) is 0 Å². The van der Waals surface area contributed by atoms with Crippen molar-refractivity contribution in [3.63, 3.8) is 0 Å². The minimum absolute atomic E-state index is 0.423. The SMILES string of the molecule is Cc1ccc(OC(=O)/C=C/C(=O)Oc2ccc(C)cc2)cc1. The molecule has 0 heterocycles. The zero-order valence-electron chi connectivity index (χ0n) is 12.4. The van der Waals surface area contributed by atoms with E-state index in [2.05, 4.69) is 0 Å². The molecule has 0 aliphatic rings. The molecule has 2 rings (SSSR count). The van der Waals surface area contributed by atoms with Gasteiger partial charge in [-0.05, 0) is 38.1 Å². The Morgan fingerprint density at radius 3 is 1.32 bits per heavy atom. The first-order valence-corrected chi connectivity index (χ1v) is 6.78. The minimum atomic E-state index is -0.635. The molecule has 0 amide bonds. The number of aryl methyl sites for hydroxylation is 2. The van der Waals surface area contributed by atoms with Gasteiger partial charge < -0.3 is 9.47 Å². The second kappa shape index (κ2) is 7.22. The van der Waals surface area contributed by atoms with Crippen molar-refractivity contribution in [2.75, 3.05) is 0 Å². The maximum atomic E-state index is 11.6. The van der Waals surface area contributed by atoms with Crippen molar-refractivity contribution in [1.82, 2.24) is 0 Å². The highest BCUT2D eigenvalue weighted by molar-refractivity contribution is 5.93. The Morgan fingerprint density at radius 1 is 0.682 bits per heavy atom. The fourth-order valence-corrected chi connectivity index (χ4v) is 1.65. The third-order valence-electron chi connectivity index (χ3n) is 2.83. The van der Waals surface area contributed by atoms with Crippen LogP contribution in [0.1, 0.15) is 11.1 Å². The van der Waals surface area contributed by atoms with E-state index >= 15 is 0 Å². The molecule has 0 spiro atoms. The predicted octanol–water partition coefficient (Wildman–Crippen LogP) is 3.37. The molecule has 22 heavy (non-hydrogen) atoms. The van der Waals surface area contributed by atoms with Gasteiger partial charge in [0.1, 0.15) is 11.5 Å². The Labute approximate surface area is 129 Å². The van der Waals surface area contributed by atoms with Crippen LogP contribution in [0.4, 0.5) is 0 Å². The summed E-state index contributed by atoms with van der Waals surface area (Å²) in [5, 5.41) is 0. The molecule has 0 aliphatic heterocycles. The Bertz CT molecular complexity index is 621. The highest BCUT2D eigenvalue weighted by Gasteiger charge is 2.04. The number of benzene rings is 2. The second-order valence-electron chi connectivity index (χ2n) is 4.80. The quantitative estimate of drug-likeness (QED) is 0.493. The summed E-state index contributed by atoms with van der Waals surface area (Å²) in [5.41, 5.74) is 2.13. The summed E-state index contributed by atoms with van der Waals surface area (Å²) in [5.74, 6) is -0.422. The van der Waals surface area contributed by atoms with Crippen molar-refractivity contribution in [2.24, 2.45) is 0 Å². The van der Waals surface area contributed by atoms with E-state index in [9.17, 15) is 9.59 Å². The van der Waals surface area contributed by atoms with Crippen molar-refractivity contribution in [2.45, 2.75) is 13.8 Å². The third kappa shape index (κ3) is 4.90. The Morgan fingerprint density at radius 2 is 1.00 bits per heavy atom. The van der Waals surface area contributed by atoms with Crippen LogP contribution in [0, 0.1) is 13.8 Å². The van der Waals surface area contributed by atoms with Gasteiger partial charge in [0.15, 0.2) is 0 Å². The van der Waals surface area contributed by atoms with E-state index in [1.807, 2.05) is 38.1 Å². The molecule has 0 N–H and O–H groups in total. The predicted molar refractivity (Wildman–Crippen MR) is 82.8 cm³/mol. The van der Waals surface area contributed by atoms with Crippen LogP contribution in [-0.4, -0.2) is 11.9 Å². The lowest BCUT2D eigenvalue weighted by atomic mass is 10.2. The highest BCUT2D eigenvalue weighted by atomic mass is 16.5. The lowest BCUT2D eigenvalue weighted by molar-refractivity contribution is -0.131. The zero-order valence-corrected chi connectivity index (χ0v) is 12.4. The van der Waals surface area contributed by atoms with Crippen molar-refractivity contribution in [3.8, 4) is 11.5 Å². The maximum absolute atomic E-state index is 11.6. The van der Waals surface area contributed by atoms with Crippen LogP contribution in [0.5, 0.6) is 11.5 Å². The number of esters is 2. The van der Waals surface area contributed by atoms with Crippen LogP contribution in [0.15, 0.2) is 60.7 Å². The average molecular weight is 296 g/mol. The molecule has 2 aromatic rings. The number of rotatable bonds is 4. The molecular weight excluding hydrogens is 280 g/mol. The summed E-state index contributed by atoms with van der Waals surface area (Å²) in [4.78, 5) is 23.2. The summed E-state index contributed by atoms with van der Waals surface area (Å²) in [6.45, 7) is 3.87. The molecule has 112 valence electrons. The number of ether oxygens (including phenoxy) is 2. The second-order valence-corrected chi connectivity index (χ2v) is 4.80. The van der Waals surface area contributed by atoms with Gasteiger partial charge >= 0.3 is 11.9 Å². The normalized spacial score (nSPS) is 10.5. The van der Waals surface area contributed by atoms with Gasteiger partial charge in [0.2, 0.25) is 0 Å². The third-order valence-corrected chi connectivity index (χ3v) is 2.83. The van der Waals surface area contributed by atoms with Crippen LogP contribution in [0.3, 0.4) is 0 Å². The van der Waals surface area contributed by atoms with Crippen LogP contribution >= 0.6 is 0 Å². The van der Waals surface area contributed by atoms with Gasteiger partial charge in [-0.3, -0.25) is 0 Å². The van der Waals surface area contributed by atoms with Crippen LogP contribution in [-0.2, 0) is 9.59 Å². The van der Waals surface area contributed by atoms with Crippen LogP contribution < -0.4 is 9.47 Å². The van der Waals surface area contributed by atoms with E-state index in [4.69, 9.17) is 9.47 Å². The Hall–Kier alpha value is -2.88. The van der Waals surface area contributed by atoms with Crippen molar-refractivity contribution in [1.29, 1.82) is 0 Å². The molecule has 0 saturated heterocycles. The summed E-state index contributed by atoms with van der Waals surface area (Å²) < 4.78 is 10.1. The molecule has 4 nitrogen and oxygen atoms in total. The van der Waals surface area contributed by atoms with E-state index in [-0.39, 0.29) is 0 Å². The molecular formula is C18H16O4. The van der Waals surface area contributed by atoms with Crippen LogP contribution in [0.2, 0.25) is 0 Å². The van der Waals surface area contributed by atoms with Gasteiger partial charge in [-0.15, -0.1) is 0 Å². The van der Waals surface area contributed by atoms with E-state index in [1.165, 1.54) is 0 Å². The molecule has 0 fully saturated rings. The van der Waals surface area contributed by atoms with E-state index in [0.29, 0.717) is 11.5 Å². The maximum Gasteiger partial charge on any atom is 0.336 e. The summed E-state index contributed by atoms with van der Waals surface area (Å²) in [6.07, 6.45) is 2.08. The molecule has 0 radical (unpaired) electrons. The number of hydrogen-bond donors (Lipinski definition) is 0. The Kier molecular flexibility index (Phi) is 5.09. The zero-order chi connectivity index (χ0) is 15.9. The molecule has 0 saturated carbocycles. The largest absolute Gasteiger partial charge is 0.423 e. The van der Waals surface area contributed by atoms with Gasteiger partial charge in [0.25, 0.3) is 0 Å². The monoisotopic (exact) mass is 296 g/mol. The fourth-order valence-electron chi connectivity index (χ4n) is 1.65. The summed E-state index contributed by atoms with van der Waals surface area (Å²) >= 11 is 0. The molecule has 0 aromatic heterocycles. The first-order valence-electron chi connectivity index (χ1n) is 6.78. The number of carbonyl (C=O) groups is 2. The average Bonchev–Trinajstić information content (AvgIpc) is 2.50. The van der Waals surface area contributed by atoms with Crippen molar-refractivity contribution >= 4 is 11.9 Å². The number of carbonyl (C=O) groups excluding carboxylic acids is 2. The fraction of sp³-hybridized carbons (Fsp3) is 0.111.